The number of aromatic nitrogens is 7. The number of nitrogens with zero attached hydrogens (tertiary/aromatic N) is 10. The van der Waals surface area contributed by atoms with Crippen LogP contribution < -0.4 is 0 Å². The zero-order chi connectivity index (χ0) is 30.5. The first-order chi connectivity index (χ1) is 21.2. The third-order valence-corrected chi connectivity index (χ3v) is 9.03. The number of hydrogen-bond donors (Lipinski definition) is 1. The minimum atomic E-state index is -4.73. The van der Waals surface area contributed by atoms with Crippen LogP contribution in [0.1, 0.15) is 47.6 Å². The van der Waals surface area contributed by atoms with Crippen LogP contribution in [0.3, 0.4) is 0 Å². The number of halogens is 3. The molecule has 0 unspecified atom stereocenters. The van der Waals surface area contributed by atoms with Gasteiger partial charge in [-0.1, -0.05) is 0 Å². The lowest BCUT2D eigenvalue weighted by molar-refractivity contribution is -0.145. The first-order valence-electron chi connectivity index (χ1n) is 14.6. The van der Waals surface area contributed by atoms with Crippen LogP contribution in [0.4, 0.5) is 13.2 Å². The van der Waals surface area contributed by atoms with E-state index in [4.69, 9.17) is 0 Å². The average Bonchev–Trinajstić information content (AvgIpc) is 3.66. The molecule has 3 aliphatic heterocycles. The molecule has 0 atom stereocenters. The fourth-order valence-electron chi connectivity index (χ4n) is 6.47. The summed E-state index contributed by atoms with van der Waals surface area (Å²) in [7, 11) is 0. The number of alkyl halides is 3. The number of aromatic amines is 1. The monoisotopic (exact) mass is 605 g/mol. The van der Waals surface area contributed by atoms with Crippen molar-refractivity contribution < 1.29 is 18.0 Å². The van der Waals surface area contributed by atoms with Crippen molar-refractivity contribution in [2.75, 3.05) is 39.3 Å². The number of likely N-dealkylation sites (tertiary alicyclic amines) is 3. The van der Waals surface area contributed by atoms with Crippen LogP contribution in [0.15, 0.2) is 37.2 Å². The fourth-order valence-corrected chi connectivity index (χ4v) is 6.47. The van der Waals surface area contributed by atoms with Gasteiger partial charge in [-0.05, 0) is 38.4 Å². The number of nitrogens with one attached hydrogen (secondary N) is 1. The number of carbonyl (C=O) groups is 1. The third kappa shape index (κ3) is 5.07. The summed E-state index contributed by atoms with van der Waals surface area (Å²) in [5.74, 6) is -1.78. The molecule has 3 fully saturated rings. The van der Waals surface area contributed by atoms with Gasteiger partial charge in [-0.15, -0.1) is 0 Å². The fraction of sp³-hybridized carbons (Fsp3) is 0.483. The highest BCUT2D eigenvalue weighted by molar-refractivity contribution is 5.94. The van der Waals surface area contributed by atoms with Crippen molar-refractivity contribution in [1.82, 2.24) is 49.4 Å². The van der Waals surface area contributed by atoms with E-state index in [9.17, 15) is 23.2 Å². The first kappa shape index (κ1) is 28.4. The second-order valence-corrected chi connectivity index (χ2v) is 11.8. The Balaban J connectivity index is 1.02. The highest BCUT2D eigenvalue weighted by Crippen LogP contribution is 2.37. The van der Waals surface area contributed by atoms with Crippen molar-refractivity contribution in [3.8, 4) is 17.3 Å². The number of nitriles is 1. The smallest absolute Gasteiger partial charge is 0.346 e. The predicted molar refractivity (Wildman–Crippen MR) is 151 cm³/mol. The van der Waals surface area contributed by atoms with Gasteiger partial charge < -0.3 is 9.88 Å². The molecule has 228 valence electrons. The standard InChI is InChI=1S/C29H30F3N11O/c30-29(31,32)27-35-12-19(14-40-8-1-9-40)24(39-27)26(44)41-10-3-21(4-11-41)42-16-28(17-42,5-6-33)43-15-20(13-38-43)23-22-2-7-34-25(22)37-18-36-23/h2,7,12-13,15,18,21H,1,3-5,8-11,14,16-17H2,(H,34,36,37). The van der Waals surface area contributed by atoms with Crippen molar-refractivity contribution in [3.63, 3.8) is 0 Å². The maximum Gasteiger partial charge on any atom is 0.451 e. The second kappa shape index (κ2) is 10.9. The molecule has 4 aromatic heterocycles. The zero-order valence-corrected chi connectivity index (χ0v) is 23.8. The average molecular weight is 606 g/mol. The Morgan fingerprint density at radius 1 is 1.11 bits per heavy atom. The molecule has 12 nitrogen and oxygen atoms in total. The highest BCUT2D eigenvalue weighted by Gasteiger charge is 2.48. The highest BCUT2D eigenvalue weighted by atomic mass is 19.4. The SMILES string of the molecule is N#CCC1(n2cc(-c3ncnc4[nH]ccc34)cn2)CN(C2CCN(C(=O)c3nc(C(F)(F)F)ncc3CN3CCC3)CC2)C1. The van der Waals surface area contributed by atoms with Gasteiger partial charge in [-0.3, -0.25) is 19.3 Å². The van der Waals surface area contributed by atoms with Crippen LogP contribution in [-0.4, -0.2) is 101 Å². The number of rotatable bonds is 7. The normalized spacial score (nSPS) is 19.5. The minimum Gasteiger partial charge on any atom is -0.346 e. The molecule has 15 heteroatoms. The summed E-state index contributed by atoms with van der Waals surface area (Å²) in [6, 6.07) is 4.42. The Labute approximate surface area is 250 Å². The predicted octanol–water partition coefficient (Wildman–Crippen LogP) is 3.07. The second-order valence-electron chi connectivity index (χ2n) is 11.8. The lowest BCUT2D eigenvalue weighted by Crippen LogP contribution is -2.66. The van der Waals surface area contributed by atoms with E-state index in [-0.39, 0.29) is 11.7 Å². The Kier molecular flexibility index (Phi) is 7.05. The topological polar surface area (TPSA) is 136 Å². The van der Waals surface area contributed by atoms with Gasteiger partial charge in [0.1, 0.15) is 23.2 Å². The third-order valence-electron chi connectivity index (χ3n) is 9.03. The van der Waals surface area contributed by atoms with E-state index in [1.165, 1.54) is 6.33 Å². The van der Waals surface area contributed by atoms with E-state index in [1.807, 2.05) is 23.1 Å². The molecule has 3 aliphatic rings. The largest absolute Gasteiger partial charge is 0.451 e. The summed E-state index contributed by atoms with van der Waals surface area (Å²) < 4.78 is 42.1. The molecular formula is C29H30F3N11O. The number of amides is 1. The Hall–Kier alpha value is -4.42. The van der Waals surface area contributed by atoms with Gasteiger partial charge >= 0.3 is 6.18 Å². The summed E-state index contributed by atoms with van der Waals surface area (Å²) in [6.07, 6.45) is 6.07. The molecule has 44 heavy (non-hydrogen) atoms. The van der Waals surface area contributed by atoms with Crippen molar-refractivity contribution in [2.45, 2.75) is 50.0 Å². The van der Waals surface area contributed by atoms with Gasteiger partial charge in [-0.2, -0.15) is 23.5 Å². The number of fused-ring (bicyclic) bond motifs is 1. The number of piperidine rings is 1. The molecule has 1 N–H and O–H groups in total. The van der Waals surface area contributed by atoms with Crippen LogP contribution in [0.5, 0.6) is 0 Å². The van der Waals surface area contributed by atoms with E-state index in [2.05, 4.69) is 45.9 Å². The number of carbonyl (C=O) groups excluding carboxylic acids is 1. The van der Waals surface area contributed by atoms with Crippen molar-refractivity contribution >= 4 is 16.9 Å². The summed E-state index contributed by atoms with van der Waals surface area (Å²) in [5, 5.41) is 15.2. The summed E-state index contributed by atoms with van der Waals surface area (Å²) >= 11 is 0. The van der Waals surface area contributed by atoms with E-state index in [0.717, 1.165) is 48.0 Å². The van der Waals surface area contributed by atoms with E-state index in [0.29, 0.717) is 57.5 Å². The van der Waals surface area contributed by atoms with Crippen molar-refractivity contribution in [2.24, 2.45) is 0 Å². The van der Waals surface area contributed by atoms with Gasteiger partial charge in [-0.25, -0.2) is 19.9 Å². The van der Waals surface area contributed by atoms with Crippen molar-refractivity contribution in [1.29, 1.82) is 5.26 Å². The lowest BCUT2D eigenvalue weighted by Gasteiger charge is -2.53. The zero-order valence-electron chi connectivity index (χ0n) is 23.8. The molecule has 0 radical (unpaired) electrons. The summed E-state index contributed by atoms with van der Waals surface area (Å²) in [5.41, 5.74) is 2.12. The molecular weight excluding hydrogens is 575 g/mol. The van der Waals surface area contributed by atoms with Crippen LogP contribution in [0, 0.1) is 11.3 Å². The molecule has 7 rings (SSSR count). The molecule has 1 amide bonds. The van der Waals surface area contributed by atoms with Crippen LogP contribution >= 0.6 is 0 Å². The van der Waals surface area contributed by atoms with Crippen molar-refractivity contribution in [3.05, 3.63) is 54.3 Å². The molecule has 0 aromatic carbocycles. The van der Waals surface area contributed by atoms with Gasteiger partial charge in [0, 0.05) is 73.9 Å². The minimum absolute atomic E-state index is 0.162. The molecule has 7 heterocycles. The molecule has 4 aromatic rings. The first-order valence-corrected chi connectivity index (χ1v) is 14.6. The molecule has 0 spiro atoms. The molecule has 3 saturated heterocycles. The van der Waals surface area contributed by atoms with Crippen LogP contribution in [-0.2, 0) is 18.3 Å². The Morgan fingerprint density at radius 3 is 2.61 bits per heavy atom. The van der Waals surface area contributed by atoms with Crippen LogP contribution in [0.2, 0.25) is 0 Å². The summed E-state index contributed by atoms with van der Waals surface area (Å²) in [6.45, 7) is 4.10. The number of hydrogen-bond acceptors (Lipinski definition) is 9. The van der Waals surface area contributed by atoms with E-state index >= 15 is 0 Å². The quantitative estimate of drug-likeness (QED) is 0.337. The molecule has 0 aliphatic carbocycles. The molecule has 0 saturated carbocycles. The summed E-state index contributed by atoms with van der Waals surface area (Å²) in [4.78, 5) is 38.5. The number of H-pyrrole nitrogens is 1. The van der Waals surface area contributed by atoms with Crippen LogP contribution in [0.25, 0.3) is 22.3 Å². The van der Waals surface area contributed by atoms with Gasteiger partial charge in [0.15, 0.2) is 0 Å². The van der Waals surface area contributed by atoms with E-state index in [1.54, 1.807) is 11.1 Å². The van der Waals surface area contributed by atoms with Gasteiger partial charge in [0.25, 0.3) is 5.91 Å². The maximum atomic E-state index is 13.5. The van der Waals surface area contributed by atoms with Gasteiger partial charge in [0.05, 0.1) is 24.4 Å². The van der Waals surface area contributed by atoms with E-state index < -0.39 is 23.4 Å². The molecule has 0 bridgehead atoms. The van der Waals surface area contributed by atoms with Gasteiger partial charge in [0.2, 0.25) is 5.82 Å². The lowest BCUT2D eigenvalue weighted by atomic mass is 9.83. The Morgan fingerprint density at radius 2 is 1.91 bits per heavy atom. The maximum absolute atomic E-state index is 13.5. The Bertz CT molecular complexity index is 1720.